The average molecular weight is 790 g/mol. The molecule has 12 aromatic carbocycles. The van der Waals surface area contributed by atoms with E-state index in [1.807, 2.05) is 0 Å². The molecular formula is C61H43N. The summed E-state index contributed by atoms with van der Waals surface area (Å²) in [5.74, 6) is 0. The van der Waals surface area contributed by atoms with Crippen molar-refractivity contribution in [3.05, 3.63) is 241 Å². The van der Waals surface area contributed by atoms with Gasteiger partial charge >= 0.3 is 0 Å². The third-order valence-electron chi connectivity index (χ3n) is 13.2. The molecule has 0 heterocycles. The quantitative estimate of drug-likeness (QED) is 0.132. The zero-order valence-corrected chi connectivity index (χ0v) is 34.4. The van der Waals surface area contributed by atoms with E-state index in [0.29, 0.717) is 0 Å². The van der Waals surface area contributed by atoms with Crippen LogP contribution in [-0.2, 0) is 12.8 Å². The van der Waals surface area contributed by atoms with Gasteiger partial charge in [0.05, 0.1) is 0 Å². The van der Waals surface area contributed by atoms with Crippen molar-refractivity contribution in [3.8, 4) is 22.3 Å². The minimum absolute atomic E-state index is 0.843. The van der Waals surface area contributed by atoms with Crippen LogP contribution in [0.5, 0.6) is 0 Å². The molecule has 12 aromatic rings. The Balaban J connectivity index is 0.947. The largest absolute Gasteiger partial charge is 0.341 e. The standard InChI is InChI=1S/C61H43N/c1-3-12-42(13-4-1)45-28-32-52(33-29-45)62(53-34-30-46(31-35-53)43-14-5-2-6-15-43)37-36-44-16-7-8-17-50(44)38-41-39-51-27-26-49-19-10-22-55-54-21-9-18-47-24-25-48-20-11-23-56(60(48)58(47)54)57(40-41)61(51)59(49)55/h1-35,39-40H,36-38H2. The summed E-state index contributed by atoms with van der Waals surface area (Å²) in [5, 5.41) is 15.8. The third kappa shape index (κ3) is 6.25. The Morgan fingerprint density at radius 1 is 0.290 bits per heavy atom. The Labute approximate surface area is 362 Å². The van der Waals surface area contributed by atoms with Crippen molar-refractivity contribution < 1.29 is 0 Å². The molecule has 0 aromatic heterocycles. The maximum Gasteiger partial charge on any atom is 0.0411 e. The molecule has 1 nitrogen and oxygen atoms in total. The summed E-state index contributed by atoms with van der Waals surface area (Å²) >= 11 is 0. The highest BCUT2D eigenvalue weighted by atomic mass is 15.1. The van der Waals surface area contributed by atoms with E-state index >= 15 is 0 Å². The molecule has 0 aliphatic rings. The summed E-state index contributed by atoms with van der Waals surface area (Å²) in [6.45, 7) is 0.843. The van der Waals surface area contributed by atoms with Crippen LogP contribution >= 0.6 is 0 Å². The van der Waals surface area contributed by atoms with Gasteiger partial charge in [-0.2, -0.15) is 0 Å². The van der Waals surface area contributed by atoms with Gasteiger partial charge in [-0.05, 0) is 141 Å². The zero-order valence-electron chi connectivity index (χ0n) is 34.4. The van der Waals surface area contributed by atoms with E-state index in [2.05, 4.69) is 229 Å². The topological polar surface area (TPSA) is 3.24 Å². The lowest BCUT2D eigenvalue weighted by atomic mass is 9.86. The zero-order chi connectivity index (χ0) is 41.0. The lowest BCUT2D eigenvalue weighted by Gasteiger charge is -2.26. The van der Waals surface area contributed by atoms with Crippen LogP contribution in [-0.4, -0.2) is 6.54 Å². The van der Waals surface area contributed by atoms with Gasteiger partial charge in [0.1, 0.15) is 0 Å². The molecule has 0 N–H and O–H groups in total. The predicted molar refractivity (Wildman–Crippen MR) is 266 cm³/mol. The molecule has 0 fully saturated rings. The number of hydrogen-bond donors (Lipinski definition) is 0. The van der Waals surface area contributed by atoms with Crippen molar-refractivity contribution in [2.24, 2.45) is 0 Å². The summed E-state index contributed by atoms with van der Waals surface area (Å²) in [6.07, 6.45) is 1.76. The lowest BCUT2D eigenvalue weighted by molar-refractivity contribution is 0.901. The molecule has 0 saturated heterocycles. The van der Waals surface area contributed by atoms with Crippen molar-refractivity contribution in [1.29, 1.82) is 0 Å². The van der Waals surface area contributed by atoms with Gasteiger partial charge in [0.2, 0.25) is 0 Å². The van der Waals surface area contributed by atoms with Gasteiger partial charge in [0.25, 0.3) is 0 Å². The second-order valence-electron chi connectivity index (χ2n) is 16.8. The van der Waals surface area contributed by atoms with E-state index < -0.39 is 0 Å². The third-order valence-corrected chi connectivity index (χ3v) is 13.2. The van der Waals surface area contributed by atoms with Gasteiger partial charge < -0.3 is 4.90 Å². The van der Waals surface area contributed by atoms with Gasteiger partial charge in [-0.25, -0.2) is 0 Å². The normalized spacial score (nSPS) is 11.7. The van der Waals surface area contributed by atoms with Crippen molar-refractivity contribution in [2.45, 2.75) is 12.8 Å². The van der Waals surface area contributed by atoms with Gasteiger partial charge in [-0.3, -0.25) is 0 Å². The van der Waals surface area contributed by atoms with Crippen LogP contribution in [0.1, 0.15) is 16.7 Å². The number of nitrogens with zero attached hydrogens (tertiary/aromatic N) is 1. The Morgan fingerprint density at radius 2 is 0.710 bits per heavy atom. The van der Waals surface area contributed by atoms with Crippen molar-refractivity contribution in [1.82, 2.24) is 0 Å². The van der Waals surface area contributed by atoms with E-state index in [1.54, 1.807) is 0 Å². The van der Waals surface area contributed by atoms with Crippen molar-refractivity contribution >= 4 is 76.0 Å². The summed E-state index contributed by atoms with van der Waals surface area (Å²) < 4.78 is 0. The number of hydrogen-bond acceptors (Lipinski definition) is 1. The Bertz CT molecular complexity index is 3480. The highest BCUT2D eigenvalue weighted by Gasteiger charge is 2.17. The average Bonchev–Trinajstić information content (AvgIpc) is 3.34. The van der Waals surface area contributed by atoms with Crippen LogP contribution in [0.25, 0.3) is 86.9 Å². The van der Waals surface area contributed by atoms with Crippen LogP contribution in [0.3, 0.4) is 0 Å². The number of anilines is 2. The second-order valence-corrected chi connectivity index (χ2v) is 16.8. The molecule has 0 saturated carbocycles. The first-order valence-electron chi connectivity index (χ1n) is 21.8. The SMILES string of the molecule is c1ccc(-c2ccc(N(CCc3ccccc3Cc3cc4ccc5cccc6c7cccc8ccc9cccc(c(c3)c4c56)c9c87)c3ccc(-c4ccccc4)cc3)cc2)cc1. The molecule has 0 amide bonds. The van der Waals surface area contributed by atoms with Gasteiger partial charge in [0.15, 0.2) is 0 Å². The predicted octanol–water partition coefficient (Wildman–Crippen LogP) is 16.3. The van der Waals surface area contributed by atoms with Crippen molar-refractivity contribution in [3.63, 3.8) is 0 Å². The highest BCUT2D eigenvalue weighted by Crippen LogP contribution is 2.44. The molecule has 0 atom stereocenters. The van der Waals surface area contributed by atoms with Gasteiger partial charge in [-0.15, -0.1) is 0 Å². The number of benzene rings is 11. The first-order chi connectivity index (χ1) is 30.7. The maximum absolute atomic E-state index is 2.51. The molecular weight excluding hydrogens is 747 g/mol. The highest BCUT2D eigenvalue weighted by molar-refractivity contribution is 6.36. The minimum Gasteiger partial charge on any atom is -0.341 e. The Morgan fingerprint density at radius 3 is 1.23 bits per heavy atom. The lowest BCUT2D eigenvalue weighted by Crippen LogP contribution is -2.20. The fourth-order valence-electron chi connectivity index (χ4n) is 10.2. The summed E-state index contributed by atoms with van der Waals surface area (Å²) in [6, 6.07) is 83.2. The molecule has 0 aliphatic heterocycles. The molecule has 0 radical (unpaired) electrons. The second kappa shape index (κ2) is 15.1. The number of rotatable bonds is 9. The maximum atomic E-state index is 2.51. The Kier molecular flexibility index (Phi) is 8.78. The Hall–Kier alpha value is -7.74. The molecule has 12 rings (SSSR count). The fourth-order valence-corrected chi connectivity index (χ4v) is 10.2. The van der Waals surface area contributed by atoms with E-state index in [1.165, 1.54) is 115 Å². The minimum atomic E-state index is 0.843. The van der Waals surface area contributed by atoms with Crippen LogP contribution in [0.15, 0.2) is 224 Å². The molecule has 1 heteroatoms. The molecule has 62 heavy (non-hydrogen) atoms. The summed E-state index contributed by atoms with van der Waals surface area (Å²) in [7, 11) is 0. The van der Waals surface area contributed by atoms with Crippen molar-refractivity contribution in [2.75, 3.05) is 11.4 Å². The van der Waals surface area contributed by atoms with Crippen LogP contribution in [0, 0.1) is 0 Å². The van der Waals surface area contributed by atoms with Crippen LogP contribution < -0.4 is 4.90 Å². The van der Waals surface area contributed by atoms with Gasteiger partial charge in [0, 0.05) is 17.9 Å². The van der Waals surface area contributed by atoms with E-state index in [0.717, 1.165) is 19.4 Å². The van der Waals surface area contributed by atoms with Gasteiger partial charge in [-0.1, -0.05) is 200 Å². The van der Waals surface area contributed by atoms with E-state index in [9.17, 15) is 0 Å². The first kappa shape index (κ1) is 36.1. The van der Waals surface area contributed by atoms with E-state index in [4.69, 9.17) is 0 Å². The summed E-state index contributed by atoms with van der Waals surface area (Å²) in [5.41, 5.74) is 11.4. The molecule has 0 bridgehead atoms. The monoisotopic (exact) mass is 789 g/mol. The van der Waals surface area contributed by atoms with Crippen LogP contribution in [0.4, 0.5) is 11.4 Å². The summed E-state index contributed by atoms with van der Waals surface area (Å²) in [4.78, 5) is 2.48. The fraction of sp³-hybridized carbons (Fsp3) is 0.0492. The molecule has 0 unspecified atom stereocenters. The molecule has 292 valence electrons. The number of fused-ring (bicyclic) bond motifs is 2. The molecule has 0 spiro atoms. The smallest absolute Gasteiger partial charge is 0.0411 e. The van der Waals surface area contributed by atoms with E-state index in [-0.39, 0.29) is 0 Å². The molecule has 0 aliphatic carbocycles. The van der Waals surface area contributed by atoms with Crippen LogP contribution in [0.2, 0.25) is 0 Å². The first-order valence-corrected chi connectivity index (χ1v) is 21.8.